The van der Waals surface area contributed by atoms with Crippen LogP contribution in [0.2, 0.25) is 0 Å². The normalized spacial score (nSPS) is 12.9. The van der Waals surface area contributed by atoms with Gasteiger partial charge in [-0.15, -0.1) is 0 Å². The molecule has 2 N–H and O–H groups in total. The Morgan fingerprint density at radius 3 is 2.68 bits per heavy atom. The van der Waals surface area contributed by atoms with Crippen molar-refractivity contribution in [2.75, 3.05) is 19.5 Å². The van der Waals surface area contributed by atoms with E-state index < -0.39 is 4.92 Å². The molecule has 132 valence electrons. The van der Waals surface area contributed by atoms with E-state index in [0.717, 1.165) is 16.2 Å². The van der Waals surface area contributed by atoms with Crippen LogP contribution in [0, 0.1) is 10.1 Å². The number of hydrogen-bond acceptors (Lipinski definition) is 4. The van der Waals surface area contributed by atoms with Gasteiger partial charge in [-0.3, -0.25) is 14.9 Å². The zero-order valence-corrected chi connectivity index (χ0v) is 14.5. The summed E-state index contributed by atoms with van der Waals surface area (Å²) in [6, 6.07) is 13.3. The number of amides is 1. The number of quaternary nitrogens is 1. The van der Waals surface area contributed by atoms with Crippen LogP contribution >= 0.6 is 0 Å². The minimum atomic E-state index is -0.487. The summed E-state index contributed by atoms with van der Waals surface area (Å²) < 4.78 is 5.21. The number of likely N-dealkylation sites (N-methyl/N-ethyl adjacent to an activating group) is 1. The molecule has 0 saturated carbocycles. The average molecular weight is 344 g/mol. The summed E-state index contributed by atoms with van der Waals surface area (Å²) in [5.74, 6) is 0.583. The van der Waals surface area contributed by atoms with Gasteiger partial charge in [0.05, 0.1) is 19.1 Å². The molecular formula is C18H22N3O4+. The van der Waals surface area contributed by atoms with Crippen LogP contribution in [0.3, 0.4) is 0 Å². The zero-order chi connectivity index (χ0) is 18.4. The second-order valence-electron chi connectivity index (χ2n) is 5.89. The number of non-ortho nitro benzene ring substituents is 1. The molecule has 7 heteroatoms. The second-order valence-corrected chi connectivity index (χ2v) is 5.89. The van der Waals surface area contributed by atoms with Gasteiger partial charge in [0.2, 0.25) is 0 Å². The lowest BCUT2D eigenvalue weighted by Gasteiger charge is -2.21. The molecule has 2 rings (SSSR count). The number of rotatable bonds is 7. The van der Waals surface area contributed by atoms with Crippen molar-refractivity contribution in [2.24, 2.45) is 0 Å². The summed E-state index contributed by atoms with van der Waals surface area (Å²) in [4.78, 5) is 23.7. The van der Waals surface area contributed by atoms with Crippen LogP contribution in [-0.4, -0.2) is 31.0 Å². The van der Waals surface area contributed by atoms with E-state index in [9.17, 15) is 14.9 Å². The topological polar surface area (TPSA) is 85.9 Å². The molecule has 2 aromatic rings. The standard InChI is InChI=1S/C18H21N3O4/c1-13(20(2)12-14-6-4-9-17(10-14)25-3)18(22)19-15-7-5-8-16(11-15)21(23)24/h4-11,13H,12H2,1-3H3,(H,19,22)/p+1/t13-/m1/s1. The Kier molecular flexibility index (Phi) is 6.08. The average Bonchev–Trinajstić information content (AvgIpc) is 2.61. The maximum absolute atomic E-state index is 12.4. The third-order valence-electron chi connectivity index (χ3n) is 4.07. The van der Waals surface area contributed by atoms with Crippen LogP contribution in [0.5, 0.6) is 5.75 Å². The first kappa shape index (κ1) is 18.4. The predicted molar refractivity (Wildman–Crippen MR) is 94.8 cm³/mol. The summed E-state index contributed by atoms with van der Waals surface area (Å²) in [6.07, 6.45) is 0. The first-order chi connectivity index (χ1) is 11.9. The molecule has 0 fully saturated rings. The number of nitro groups is 1. The predicted octanol–water partition coefficient (Wildman–Crippen LogP) is 1.65. The molecule has 0 heterocycles. The van der Waals surface area contributed by atoms with E-state index in [4.69, 9.17) is 4.74 Å². The highest BCUT2D eigenvalue weighted by atomic mass is 16.6. The fourth-order valence-corrected chi connectivity index (χ4v) is 2.43. The smallest absolute Gasteiger partial charge is 0.282 e. The van der Waals surface area contributed by atoms with Crippen molar-refractivity contribution in [1.82, 2.24) is 0 Å². The maximum atomic E-state index is 12.4. The Labute approximate surface area is 146 Å². The molecule has 25 heavy (non-hydrogen) atoms. The van der Waals surface area contributed by atoms with Crippen molar-refractivity contribution >= 4 is 17.3 Å². The Balaban J connectivity index is 2.01. The van der Waals surface area contributed by atoms with Crippen molar-refractivity contribution < 1.29 is 19.4 Å². The van der Waals surface area contributed by atoms with E-state index in [0.29, 0.717) is 12.2 Å². The van der Waals surface area contributed by atoms with Crippen molar-refractivity contribution in [3.63, 3.8) is 0 Å². The Morgan fingerprint density at radius 2 is 2.00 bits per heavy atom. The molecular weight excluding hydrogens is 322 g/mol. The van der Waals surface area contributed by atoms with Gasteiger partial charge in [-0.05, 0) is 25.1 Å². The van der Waals surface area contributed by atoms with Crippen molar-refractivity contribution in [2.45, 2.75) is 19.5 Å². The summed E-state index contributed by atoms with van der Waals surface area (Å²) >= 11 is 0. The highest BCUT2D eigenvalue weighted by molar-refractivity contribution is 5.93. The summed E-state index contributed by atoms with van der Waals surface area (Å²) in [7, 11) is 3.54. The van der Waals surface area contributed by atoms with Gasteiger partial charge in [0.1, 0.15) is 12.3 Å². The van der Waals surface area contributed by atoms with E-state index in [1.165, 1.54) is 12.1 Å². The monoisotopic (exact) mass is 344 g/mol. The number of methoxy groups -OCH3 is 1. The summed E-state index contributed by atoms with van der Waals surface area (Å²) in [5, 5.41) is 13.6. The minimum Gasteiger partial charge on any atom is -0.497 e. The highest BCUT2D eigenvalue weighted by Crippen LogP contribution is 2.17. The number of ether oxygens (including phenoxy) is 1. The number of carbonyl (C=O) groups excluding carboxylic acids is 1. The van der Waals surface area contributed by atoms with E-state index in [2.05, 4.69) is 5.32 Å². The number of nitrogens with one attached hydrogen (secondary N) is 2. The van der Waals surface area contributed by atoms with Crippen LogP contribution in [0.15, 0.2) is 48.5 Å². The molecule has 0 bridgehead atoms. The van der Waals surface area contributed by atoms with E-state index in [-0.39, 0.29) is 17.6 Å². The molecule has 0 spiro atoms. The van der Waals surface area contributed by atoms with Gasteiger partial charge in [-0.1, -0.05) is 18.2 Å². The number of carbonyl (C=O) groups is 1. The molecule has 1 amide bonds. The van der Waals surface area contributed by atoms with Gasteiger partial charge in [0.15, 0.2) is 6.04 Å². The van der Waals surface area contributed by atoms with Crippen LogP contribution in [0.1, 0.15) is 12.5 Å². The first-order valence-electron chi connectivity index (χ1n) is 7.91. The fourth-order valence-electron chi connectivity index (χ4n) is 2.43. The number of hydrogen-bond donors (Lipinski definition) is 2. The van der Waals surface area contributed by atoms with Crippen molar-refractivity contribution in [3.8, 4) is 5.75 Å². The minimum absolute atomic E-state index is 0.0532. The molecule has 0 aliphatic rings. The van der Waals surface area contributed by atoms with E-state index in [1.54, 1.807) is 19.2 Å². The van der Waals surface area contributed by atoms with Gasteiger partial charge in [0, 0.05) is 23.4 Å². The van der Waals surface area contributed by atoms with Crippen LogP contribution in [0.25, 0.3) is 0 Å². The van der Waals surface area contributed by atoms with E-state index in [1.807, 2.05) is 38.2 Å². The Morgan fingerprint density at radius 1 is 1.28 bits per heavy atom. The fraction of sp³-hybridized carbons (Fsp3) is 0.278. The van der Waals surface area contributed by atoms with Gasteiger partial charge in [0.25, 0.3) is 11.6 Å². The zero-order valence-electron chi connectivity index (χ0n) is 14.5. The summed E-state index contributed by atoms with van der Waals surface area (Å²) in [5.41, 5.74) is 1.43. The van der Waals surface area contributed by atoms with Crippen molar-refractivity contribution in [1.29, 1.82) is 0 Å². The number of benzene rings is 2. The van der Waals surface area contributed by atoms with Crippen LogP contribution < -0.4 is 15.0 Å². The highest BCUT2D eigenvalue weighted by Gasteiger charge is 2.22. The van der Waals surface area contributed by atoms with Crippen LogP contribution in [-0.2, 0) is 11.3 Å². The Bertz CT molecular complexity index is 763. The molecule has 7 nitrogen and oxygen atoms in total. The maximum Gasteiger partial charge on any atom is 0.282 e. The van der Waals surface area contributed by atoms with Gasteiger partial charge >= 0.3 is 0 Å². The second kappa shape index (κ2) is 8.25. The molecule has 0 aliphatic heterocycles. The van der Waals surface area contributed by atoms with Gasteiger partial charge in [-0.25, -0.2) is 0 Å². The lowest BCUT2D eigenvalue weighted by molar-refractivity contribution is -0.907. The first-order valence-corrected chi connectivity index (χ1v) is 7.91. The number of anilines is 1. The molecule has 0 saturated heterocycles. The Hall–Kier alpha value is -2.93. The van der Waals surface area contributed by atoms with Gasteiger partial charge in [-0.2, -0.15) is 0 Å². The third kappa shape index (κ3) is 5.02. The summed E-state index contributed by atoms with van der Waals surface area (Å²) in [6.45, 7) is 2.48. The largest absolute Gasteiger partial charge is 0.497 e. The lowest BCUT2D eigenvalue weighted by atomic mass is 10.1. The molecule has 2 aromatic carbocycles. The SMILES string of the molecule is COc1cccc(C[NH+](C)[C@H](C)C(=O)Nc2cccc([N+](=O)[O-])c2)c1. The third-order valence-corrected chi connectivity index (χ3v) is 4.07. The molecule has 0 aliphatic carbocycles. The van der Waals surface area contributed by atoms with Crippen molar-refractivity contribution in [3.05, 3.63) is 64.2 Å². The van der Waals surface area contributed by atoms with Crippen LogP contribution in [0.4, 0.5) is 11.4 Å². The quantitative estimate of drug-likeness (QED) is 0.591. The number of nitro benzene ring substituents is 1. The molecule has 0 aromatic heterocycles. The molecule has 1 unspecified atom stereocenters. The number of nitrogens with zero attached hydrogens (tertiary/aromatic N) is 1. The molecule has 0 radical (unpaired) electrons. The van der Waals surface area contributed by atoms with Gasteiger partial charge < -0.3 is 15.0 Å². The molecule has 2 atom stereocenters. The van der Waals surface area contributed by atoms with E-state index >= 15 is 0 Å². The lowest BCUT2D eigenvalue weighted by Crippen LogP contribution is -3.12.